The molecule has 108 valence electrons. The molecule has 0 aliphatic carbocycles. The molecule has 1 aromatic heterocycles. The number of fused-ring (bicyclic) bond motifs is 1. The van der Waals surface area contributed by atoms with Crippen molar-refractivity contribution in [1.82, 2.24) is 0 Å². The van der Waals surface area contributed by atoms with Crippen LogP contribution in [0.25, 0.3) is 0 Å². The van der Waals surface area contributed by atoms with Gasteiger partial charge in [0.1, 0.15) is 0 Å². The van der Waals surface area contributed by atoms with Crippen LogP contribution in [-0.4, -0.2) is 17.6 Å². The van der Waals surface area contributed by atoms with Gasteiger partial charge in [-0.15, -0.1) is 23.1 Å². The Bertz CT molecular complexity index is 723. The van der Waals surface area contributed by atoms with E-state index in [1.807, 2.05) is 25.1 Å². The van der Waals surface area contributed by atoms with Crippen molar-refractivity contribution in [1.29, 1.82) is 0 Å². The topological polar surface area (TPSA) is 58.2 Å². The smallest absolute Gasteiger partial charge is 0.265 e. The fourth-order valence-electron chi connectivity index (χ4n) is 1.93. The molecule has 0 atom stereocenters. The van der Waals surface area contributed by atoms with Crippen molar-refractivity contribution >= 4 is 62.2 Å². The van der Waals surface area contributed by atoms with Crippen LogP contribution in [0.4, 0.5) is 11.4 Å². The molecule has 0 unspecified atom stereocenters. The Hall–Kier alpha value is -1.31. The quantitative estimate of drug-likeness (QED) is 0.821. The number of benzene rings is 1. The maximum absolute atomic E-state index is 12.2. The van der Waals surface area contributed by atoms with Crippen LogP contribution in [0.3, 0.4) is 0 Å². The molecule has 21 heavy (non-hydrogen) atoms. The van der Waals surface area contributed by atoms with E-state index in [-0.39, 0.29) is 11.8 Å². The van der Waals surface area contributed by atoms with E-state index < -0.39 is 0 Å². The number of amides is 2. The number of halogens is 1. The summed E-state index contributed by atoms with van der Waals surface area (Å²) in [5.41, 5.74) is 2.46. The molecule has 4 nitrogen and oxygen atoms in total. The van der Waals surface area contributed by atoms with E-state index >= 15 is 0 Å². The van der Waals surface area contributed by atoms with Crippen LogP contribution in [0.5, 0.6) is 0 Å². The van der Waals surface area contributed by atoms with Crippen molar-refractivity contribution < 1.29 is 9.59 Å². The van der Waals surface area contributed by atoms with Gasteiger partial charge in [-0.3, -0.25) is 9.59 Å². The van der Waals surface area contributed by atoms with Crippen LogP contribution in [0.1, 0.15) is 15.2 Å². The van der Waals surface area contributed by atoms with Gasteiger partial charge in [-0.2, -0.15) is 0 Å². The fraction of sp³-hybridized carbons (Fsp3) is 0.143. The number of carbonyl (C=O) groups is 2. The maximum Gasteiger partial charge on any atom is 0.265 e. The zero-order valence-electron chi connectivity index (χ0n) is 11.0. The van der Waals surface area contributed by atoms with Crippen LogP contribution < -0.4 is 10.6 Å². The highest BCUT2D eigenvalue weighted by Crippen LogP contribution is 2.34. The molecular formula is C14H11BrN2O2S2. The molecule has 0 spiro atoms. The lowest BCUT2D eigenvalue weighted by Crippen LogP contribution is -2.19. The first-order chi connectivity index (χ1) is 10.0. The third-order valence-corrected chi connectivity index (χ3v) is 6.16. The van der Waals surface area contributed by atoms with Crippen molar-refractivity contribution in [2.24, 2.45) is 0 Å². The summed E-state index contributed by atoms with van der Waals surface area (Å²) in [5, 5.41) is 5.66. The number of aryl methyl sites for hydroxylation is 1. The Labute approximate surface area is 138 Å². The SMILES string of the molecule is Cc1cc(C(=O)Nc2ccc3c(c2)NC(=O)CS3)sc1Br. The number of hydrogen-bond donors (Lipinski definition) is 2. The third-order valence-electron chi connectivity index (χ3n) is 2.95. The zero-order valence-corrected chi connectivity index (χ0v) is 14.2. The standard InChI is InChI=1S/C14H11BrN2O2S2/c1-7-4-11(21-13(7)15)14(19)16-8-2-3-10-9(5-8)17-12(18)6-20-10/h2-5H,6H2,1H3,(H,16,19)(H,17,18). The van der Waals surface area contributed by atoms with E-state index in [1.165, 1.54) is 23.1 Å². The molecule has 0 saturated heterocycles. The van der Waals surface area contributed by atoms with Crippen molar-refractivity contribution in [2.45, 2.75) is 11.8 Å². The number of anilines is 2. The van der Waals surface area contributed by atoms with E-state index in [1.54, 1.807) is 6.07 Å². The van der Waals surface area contributed by atoms with Crippen molar-refractivity contribution in [3.8, 4) is 0 Å². The maximum atomic E-state index is 12.2. The first-order valence-corrected chi connectivity index (χ1v) is 8.76. The van der Waals surface area contributed by atoms with Gasteiger partial charge in [-0.25, -0.2) is 0 Å². The van der Waals surface area contributed by atoms with Crippen LogP contribution in [0, 0.1) is 6.92 Å². The minimum Gasteiger partial charge on any atom is -0.324 e. The van der Waals surface area contributed by atoms with Crippen LogP contribution in [-0.2, 0) is 4.79 Å². The predicted octanol–water partition coefficient (Wildman–Crippen LogP) is 4.12. The fourth-order valence-corrected chi connectivity index (χ4v) is 4.14. The Kier molecular flexibility index (Phi) is 4.05. The van der Waals surface area contributed by atoms with Gasteiger partial charge in [0.05, 0.1) is 20.1 Å². The van der Waals surface area contributed by atoms with Gasteiger partial charge in [0.15, 0.2) is 0 Å². The average molecular weight is 383 g/mol. The lowest BCUT2D eigenvalue weighted by Gasteiger charge is -2.17. The summed E-state index contributed by atoms with van der Waals surface area (Å²) in [4.78, 5) is 25.3. The minimum atomic E-state index is -0.150. The third kappa shape index (κ3) is 3.14. The Morgan fingerprint density at radius 2 is 2.19 bits per heavy atom. The van der Waals surface area contributed by atoms with E-state index in [9.17, 15) is 9.59 Å². The molecule has 1 aromatic carbocycles. The Morgan fingerprint density at radius 1 is 1.38 bits per heavy atom. The van der Waals surface area contributed by atoms with E-state index in [0.29, 0.717) is 16.3 Å². The van der Waals surface area contributed by atoms with Crippen molar-refractivity contribution in [3.05, 3.63) is 38.5 Å². The number of carbonyl (C=O) groups excluding carboxylic acids is 2. The highest BCUT2D eigenvalue weighted by atomic mass is 79.9. The second kappa shape index (κ2) is 5.82. The van der Waals surface area contributed by atoms with Crippen LogP contribution in [0.2, 0.25) is 0 Å². The molecule has 3 rings (SSSR count). The van der Waals surface area contributed by atoms with Crippen LogP contribution in [0.15, 0.2) is 32.9 Å². The van der Waals surface area contributed by atoms with Gasteiger partial charge >= 0.3 is 0 Å². The van der Waals surface area contributed by atoms with Crippen LogP contribution >= 0.6 is 39.0 Å². The molecule has 0 radical (unpaired) electrons. The number of rotatable bonds is 2. The molecule has 1 aliphatic rings. The van der Waals surface area contributed by atoms with E-state index in [4.69, 9.17) is 0 Å². The van der Waals surface area contributed by atoms with Gasteiger partial charge in [0.25, 0.3) is 5.91 Å². The summed E-state index contributed by atoms with van der Waals surface area (Å²) >= 11 is 6.31. The second-order valence-corrected chi connectivity index (χ2v) is 7.96. The first-order valence-electron chi connectivity index (χ1n) is 6.17. The number of thioether (sulfide) groups is 1. The zero-order chi connectivity index (χ0) is 15.0. The van der Waals surface area contributed by atoms with Crippen molar-refractivity contribution in [2.75, 3.05) is 16.4 Å². The lowest BCUT2D eigenvalue weighted by molar-refractivity contribution is -0.113. The molecule has 2 N–H and O–H groups in total. The summed E-state index contributed by atoms with van der Waals surface area (Å²) in [6, 6.07) is 7.38. The lowest BCUT2D eigenvalue weighted by atomic mass is 10.2. The molecule has 2 heterocycles. The summed E-state index contributed by atoms with van der Waals surface area (Å²) in [7, 11) is 0. The van der Waals surface area contributed by atoms with Gasteiger partial charge in [-0.1, -0.05) is 0 Å². The summed E-state index contributed by atoms with van der Waals surface area (Å²) < 4.78 is 0.960. The van der Waals surface area contributed by atoms with Gasteiger partial charge in [-0.05, 0) is 52.7 Å². The van der Waals surface area contributed by atoms with Crippen molar-refractivity contribution in [3.63, 3.8) is 0 Å². The van der Waals surface area contributed by atoms with Gasteiger partial charge in [0, 0.05) is 10.6 Å². The number of nitrogens with one attached hydrogen (secondary N) is 2. The number of hydrogen-bond acceptors (Lipinski definition) is 4. The molecular weight excluding hydrogens is 372 g/mol. The molecule has 1 aliphatic heterocycles. The molecule has 0 bridgehead atoms. The summed E-state index contributed by atoms with van der Waals surface area (Å²) in [5.74, 6) is 0.263. The average Bonchev–Trinajstić information content (AvgIpc) is 2.78. The highest BCUT2D eigenvalue weighted by molar-refractivity contribution is 9.11. The number of thiophene rings is 1. The Balaban J connectivity index is 1.80. The second-order valence-electron chi connectivity index (χ2n) is 4.57. The molecule has 7 heteroatoms. The monoisotopic (exact) mass is 382 g/mol. The molecule has 0 fully saturated rings. The van der Waals surface area contributed by atoms with E-state index in [0.717, 1.165) is 19.9 Å². The predicted molar refractivity (Wildman–Crippen MR) is 90.5 cm³/mol. The van der Waals surface area contributed by atoms with E-state index in [2.05, 4.69) is 26.6 Å². The highest BCUT2D eigenvalue weighted by Gasteiger charge is 2.17. The molecule has 0 saturated carbocycles. The molecule has 2 amide bonds. The summed E-state index contributed by atoms with van der Waals surface area (Å²) in [6.45, 7) is 1.95. The Morgan fingerprint density at radius 3 is 2.90 bits per heavy atom. The molecule has 2 aromatic rings. The minimum absolute atomic E-state index is 0.0196. The first kappa shape index (κ1) is 14.6. The largest absolute Gasteiger partial charge is 0.324 e. The van der Waals surface area contributed by atoms with Gasteiger partial charge < -0.3 is 10.6 Å². The normalized spacial score (nSPS) is 13.5. The van der Waals surface area contributed by atoms with Gasteiger partial charge in [0.2, 0.25) is 5.91 Å². The summed E-state index contributed by atoms with van der Waals surface area (Å²) in [6.07, 6.45) is 0.